The van der Waals surface area contributed by atoms with E-state index in [0.717, 1.165) is 15.7 Å². The number of aromatic nitrogens is 3. The number of aliphatic hydroxyl groups excluding tert-OH is 1. The molecule has 5 heteroatoms. The van der Waals surface area contributed by atoms with E-state index in [-0.39, 0.29) is 6.61 Å². The van der Waals surface area contributed by atoms with E-state index in [1.807, 2.05) is 12.1 Å². The van der Waals surface area contributed by atoms with E-state index in [9.17, 15) is 0 Å². The Kier molecular flexibility index (Phi) is 3.13. The molecule has 0 saturated heterocycles. The third kappa shape index (κ3) is 2.08. The van der Waals surface area contributed by atoms with Crippen LogP contribution in [0.1, 0.15) is 0 Å². The second-order valence-corrected chi connectivity index (χ2v) is 3.88. The summed E-state index contributed by atoms with van der Waals surface area (Å²) < 4.78 is 2.68. The topological polar surface area (TPSA) is 50.9 Å². The van der Waals surface area contributed by atoms with Crippen LogP contribution in [0.25, 0.3) is 11.3 Å². The van der Waals surface area contributed by atoms with Gasteiger partial charge in [-0.05, 0) is 28.1 Å². The van der Waals surface area contributed by atoms with Gasteiger partial charge in [-0.25, -0.2) is 0 Å². The van der Waals surface area contributed by atoms with Gasteiger partial charge in [0.25, 0.3) is 0 Å². The monoisotopic (exact) mass is 267 g/mol. The molecule has 0 unspecified atom stereocenters. The molecule has 0 fully saturated rings. The van der Waals surface area contributed by atoms with E-state index in [4.69, 9.17) is 5.11 Å². The molecule has 78 valence electrons. The minimum atomic E-state index is 0.0756. The van der Waals surface area contributed by atoms with Crippen molar-refractivity contribution < 1.29 is 5.11 Å². The summed E-state index contributed by atoms with van der Waals surface area (Å²) in [6.45, 7) is 0.565. The molecule has 4 nitrogen and oxygen atoms in total. The van der Waals surface area contributed by atoms with E-state index in [1.165, 1.54) is 0 Å². The van der Waals surface area contributed by atoms with Gasteiger partial charge in [-0.2, -0.15) is 5.10 Å². The maximum Gasteiger partial charge on any atom is 0.0826 e. The zero-order valence-electron chi connectivity index (χ0n) is 7.97. The highest BCUT2D eigenvalue weighted by atomic mass is 79.9. The normalized spacial score (nSPS) is 10.5. The van der Waals surface area contributed by atoms with E-state index in [0.29, 0.717) is 6.54 Å². The fourth-order valence-electron chi connectivity index (χ4n) is 1.42. The van der Waals surface area contributed by atoms with Gasteiger partial charge in [0.15, 0.2) is 0 Å². The summed E-state index contributed by atoms with van der Waals surface area (Å²) >= 11 is 3.44. The Morgan fingerprint density at radius 2 is 2.07 bits per heavy atom. The van der Waals surface area contributed by atoms with E-state index < -0.39 is 0 Å². The molecule has 15 heavy (non-hydrogen) atoms. The molecule has 0 bridgehead atoms. The third-order valence-electron chi connectivity index (χ3n) is 2.06. The Balaban J connectivity index is 2.47. The fourth-order valence-corrected chi connectivity index (χ4v) is 1.95. The van der Waals surface area contributed by atoms with E-state index >= 15 is 0 Å². The molecular weight excluding hydrogens is 258 g/mol. The van der Waals surface area contributed by atoms with Crippen molar-refractivity contribution in [3.8, 4) is 11.3 Å². The van der Waals surface area contributed by atoms with Crippen LogP contribution in [-0.4, -0.2) is 26.5 Å². The summed E-state index contributed by atoms with van der Waals surface area (Å²) in [6.07, 6.45) is 5.20. The average Bonchev–Trinajstić information content (AvgIpc) is 2.62. The lowest BCUT2D eigenvalue weighted by Crippen LogP contribution is -2.05. The van der Waals surface area contributed by atoms with Crippen LogP contribution in [0.5, 0.6) is 0 Å². The SMILES string of the molecule is OCCn1ncc(Br)c1-c1ccncc1. The molecule has 0 saturated carbocycles. The lowest BCUT2D eigenvalue weighted by atomic mass is 10.2. The smallest absolute Gasteiger partial charge is 0.0826 e. The van der Waals surface area contributed by atoms with Gasteiger partial charge in [0.1, 0.15) is 0 Å². The highest BCUT2D eigenvalue weighted by molar-refractivity contribution is 9.10. The van der Waals surface area contributed by atoms with Crippen LogP contribution in [-0.2, 0) is 6.54 Å². The van der Waals surface area contributed by atoms with Crippen molar-refractivity contribution in [2.75, 3.05) is 6.61 Å². The second-order valence-electron chi connectivity index (χ2n) is 3.02. The Morgan fingerprint density at radius 3 is 2.73 bits per heavy atom. The van der Waals surface area contributed by atoms with E-state index in [1.54, 1.807) is 23.3 Å². The average molecular weight is 268 g/mol. The molecule has 2 aromatic rings. The first-order valence-corrected chi connectivity index (χ1v) is 5.35. The lowest BCUT2D eigenvalue weighted by molar-refractivity contribution is 0.270. The van der Waals surface area contributed by atoms with Crippen molar-refractivity contribution in [3.63, 3.8) is 0 Å². The van der Waals surface area contributed by atoms with Gasteiger partial charge in [0.05, 0.1) is 29.5 Å². The summed E-state index contributed by atoms with van der Waals surface area (Å²) in [7, 11) is 0. The summed E-state index contributed by atoms with van der Waals surface area (Å²) in [4.78, 5) is 3.97. The number of nitrogens with zero attached hydrogens (tertiary/aromatic N) is 3. The van der Waals surface area contributed by atoms with Crippen molar-refractivity contribution >= 4 is 15.9 Å². The summed E-state index contributed by atoms with van der Waals surface area (Å²) in [5, 5.41) is 13.1. The number of hydrogen-bond acceptors (Lipinski definition) is 3. The maximum absolute atomic E-state index is 8.91. The van der Waals surface area contributed by atoms with Crippen LogP contribution in [0.15, 0.2) is 35.2 Å². The predicted octanol–water partition coefficient (Wildman–Crippen LogP) is 1.70. The lowest BCUT2D eigenvalue weighted by Gasteiger charge is -2.05. The Morgan fingerprint density at radius 1 is 1.33 bits per heavy atom. The van der Waals surface area contributed by atoms with Crippen LogP contribution >= 0.6 is 15.9 Å². The van der Waals surface area contributed by atoms with Gasteiger partial charge in [0.2, 0.25) is 0 Å². The van der Waals surface area contributed by atoms with Gasteiger partial charge in [0, 0.05) is 18.0 Å². The highest BCUT2D eigenvalue weighted by Gasteiger charge is 2.09. The quantitative estimate of drug-likeness (QED) is 0.921. The molecule has 0 aliphatic rings. The third-order valence-corrected chi connectivity index (χ3v) is 2.64. The molecule has 2 aromatic heterocycles. The molecule has 2 rings (SSSR count). The highest BCUT2D eigenvalue weighted by Crippen LogP contribution is 2.27. The Labute approximate surface area is 95.7 Å². The molecule has 1 N–H and O–H groups in total. The van der Waals surface area contributed by atoms with Gasteiger partial charge in [-0.15, -0.1) is 0 Å². The van der Waals surface area contributed by atoms with Gasteiger partial charge in [-0.3, -0.25) is 9.67 Å². The minimum Gasteiger partial charge on any atom is -0.394 e. The molecular formula is C10H10BrN3O. The largest absolute Gasteiger partial charge is 0.394 e. The summed E-state index contributed by atoms with van der Waals surface area (Å²) in [5.41, 5.74) is 1.99. The van der Waals surface area contributed by atoms with Crippen molar-refractivity contribution in [1.82, 2.24) is 14.8 Å². The van der Waals surface area contributed by atoms with Crippen LogP contribution in [0.3, 0.4) is 0 Å². The minimum absolute atomic E-state index is 0.0756. The Hall–Kier alpha value is -1.20. The van der Waals surface area contributed by atoms with Crippen LogP contribution in [0, 0.1) is 0 Å². The first-order valence-electron chi connectivity index (χ1n) is 4.55. The zero-order chi connectivity index (χ0) is 10.7. The van der Waals surface area contributed by atoms with Gasteiger partial charge >= 0.3 is 0 Å². The maximum atomic E-state index is 8.91. The molecule has 0 aliphatic heterocycles. The van der Waals surface area contributed by atoms with E-state index in [2.05, 4.69) is 26.0 Å². The van der Waals surface area contributed by atoms with Gasteiger partial charge in [-0.1, -0.05) is 0 Å². The fraction of sp³-hybridized carbons (Fsp3) is 0.200. The molecule has 0 aliphatic carbocycles. The van der Waals surface area contributed by atoms with Crippen molar-refractivity contribution in [2.45, 2.75) is 6.54 Å². The molecule has 0 spiro atoms. The zero-order valence-corrected chi connectivity index (χ0v) is 9.55. The van der Waals surface area contributed by atoms with Crippen molar-refractivity contribution in [1.29, 1.82) is 0 Å². The summed E-state index contributed by atoms with van der Waals surface area (Å²) in [5.74, 6) is 0. The second kappa shape index (κ2) is 4.55. The number of halogens is 1. The first kappa shape index (κ1) is 10.3. The number of pyridine rings is 1. The molecule has 0 radical (unpaired) electrons. The standard InChI is InChI=1S/C10H10BrN3O/c11-9-7-13-14(5-6-15)10(9)8-1-3-12-4-2-8/h1-4,7,15H,5-6H2. The number of rotatable bonds is 3. The molecule has 0 amide bonds. The van der Waals surface area contributed by atoms with Crippen LogP contribution in [0.2, 0.25) is 0 Å². The Bertz CT molecular complexity index is 441. The summed E-state index contributed by atoms with van der Waals surface area (Å²) in [6, 6.07) is 3.82. The van der Waals surface area contributed by atoms with Gasteiger partial charge < -0.3 is 5.11 Å². The van der Waals surface area contributed by atoms with Crippen molar-refractivity contribution in [2.24, 2.45) is 0 Å². The predicted molar refractivity (Wildman–Crippen MR) is 60.2 cm³/mol. The molecule has 2 heterocycles. The first-order chi connectivity index (χ1) is 7.33. The van der Waals surface area contributed by atoms with Crippen LogP contribution < -0.4 is 0 Å². The number of hydrogen-bond donors (Lipinski definition) is 1. The van der Waals surface area contributed by atoms with Crippen LogP contribution in [0.4, 0.5) is 0 Å². The molecule has 0 atom stereocenters. The number of aliphatic hydroxyl groups is 1. The molecule has 0 aromatic carbocycles. The van der Waals surface area contributed by atoms with Crippen molar-refractivity contribution in [3.05, 3.63) is 35.2 Å².